The quantitative estimate of drug-likeness (QED) is 0.277. The Morgan fingerprint density at radius 2 is 1.75 bits per heavy atom. The number of fused-ring (bicyclic) bond motifs is 1. The van der Waals surface area contributed by atoms with Crippen LogP contribution in [0.2, 0.25) is 0 Å². The molecule has 2 aromatic carbocycles. The Balaban J connectivity index is 1.74. The first-order chi connectivity index (χ1) is 15.5. The summed E-state index contributed by atoms with van der Waals surface area (Å²) < 4.78 is 0.941. The molecule has 1 aliphatic rings. The number of aliphatic hydroxyl groups excluding tert-OH is 1. The Bertz CT molecular complexity index is 1390. The molecule has 6 nitrogen and oxygen atoms in total. The largest absolute Gasteiger partial charge is 0.507 e. The second kappa shape index (κ2) is 7.69. The standard InChI is InChI=1S/C25H19N3O3S/c1-14-12-15(2)20-18(13-14)32-25(27-20)28-21(16-8-10-26-11-9-16)19(23(30)24(28)31)22(29)17-6-4-3-5-7-17/h3-13,21,29H,1-2H3/b22-19+. The second-order valence-corrected chi connectivity index (χ2v) is 8.75. The van der Waals surface area contributed by atoms with Crippen LogP contribution in [0.4, 0.5) is 5.13 Å². The average molecular weight is 442 g/mol. The minimum absolute atomic E-state index is 0.0413. The van der Waals surface area contributed by atoms with Gasteiger partial charge in [-0.2, -0.15) is 0 Å². The van der Waals surface area contributed by atoms with Gasteiger partial charge >= 0.3 is 5.91 Å². The lowest BCUT2D eigenvalue weighted by atomic mass is 9.96. The molecule has 1 saturated heterocycles. The second-order valence-electron chi connectivity index (χ2n) is 7.74. The third-order valence-electron chi connectivity index (χ3n) is 5.54. The Labute approximate surface area is 188 Å². The van der Waals surface area contributed by atoms with Crippen molar-refractivity contribution >= 4 is 44.1 Å². The van der Waals surface area contributed by atoms with E-state index in [2.05, 4.69) is 4.98 Å². The maximum atomic E-state index is 13.2. The summed E-state index contributed by atoms with van der Waals surface area (Å²) in [6, 6.07) is 15.5. The SMILES string of the molecule is Cc1cc(C)c2nc(N3C(=O)C(=O)/C(=C(/O)c4ccccc4)C3c3ccncc3)sc2c1. The van der Waals surface area contributed by atoms with Crippen molar-refractivity contribution in [2.75, 3.05) is 4.90 Å². The number of hydrogen-bond donors (Lipinski definition) is 1. The molecule has 3 heterocycles. The van der Waals surface area contributed by atoms with Crippen molar-refractivity contribution in [2.45, 2.75) is 19.9 Å². The minimum Gasteiger partial charge on any atom is -0.507 e. The molecule has 1 fully saturated rings. The molecule has 158 valence electrons. The van der Waals surface area contributed by atoms with E-state index in [1.165, 1.54) is 16.2 Å². The summed E-state index contributed by atoms with van der Waals surface area (Å²) in [5, 5.41) is 11.5. The number of amides is 1. The normalized spacial score (nSPS) is 17.9. The molecule has 0 spiro atoms. The van der Waals surface area contributed by atoms with Crippen molar-refractivity contribution in [1.82, 2.24) is 9.97 Å². The van der Waals surface area contributed by atoms with Crippen LogP contribution in [0.3, 0.4) is 0 Å². The van der Waals surface area contributed by atoms with E-state index in [1.54, 1.807) is 48.8 Å². The number of aliphatic hydroxyl groups is 1. The first-order valence-corrected chi connectivity index (χ1v) is 10.9. The first kappa shape index (κ1) is 20.1. The molecular formula is C25H19N3O3S. The van der Waals surface area contributed by atoms with Gasteiger partial charge in [0.05, 0.1) is 21.8 Å². The van der Waals surface area contributed by atoms with Crippen LogP contribution in [0.5, 0.6) is 0 Å². The van der Waals surface area contributed by atoms with E-state index in [4.69, 9.17) is 4.98 Å². The highest BCUT2D eigenvalue weighted by Gasteiger charge is 2.48. The lowest BCUT2D eigenvalue weighted by Crippen LogP contribution is -2.29. The monoisotopic (exact) mass is 441 g/mol. The number of anilines is 1. The molecule has 2 aromatic heterocycles. The van der Waals surface area contributed by atoms with Gasteiger partial charge in [-0.05, 0) is 48.7 Å². The highest BCUT2D eigenvalue weighted by molar-refractivity contribution is 7.22. The molecule has 1 N–H and O–H groups in total. The molecule has 4 aromatic rings. The lowest BCUT2D eigenvalue weighted by Gasteiger charge is -2.22. The Morgan fingerprint density at radius 3 is 2.47 bits per heavy atom. The van der Waals surface area contributed by atoms with Gasteiger partial charge in [-0.3, -0.25) is 19.5 Å². The number of benzene rings is 2. The average Bonchev–Trinajstić information content (AvgIpc) is 3.33. The molecule has 0 bridgehead atoms. The van der Waals surface area contributed by atoms with Gasteiger partial charge in [-0.15, -0.1) is 0 Å². The van der Waals surface area contributed by atoms with Crippen molar-refractivity contribution in [2.24, 2.45) is 0 Å². The number of hydrogen-bond acceptors (Lipinski definition) is 6. The van der Waals surface area contributed by atoms with E-state index in [0.29, 0.717) is 16.3 Å². The Hall–Kier alpha value is -3.84. The number of aryl methyl sites for hydroxylation is 2. The third kappa shape index (κ3) is 3.18. The van der Waals surface area contributed by atoms with Gasteiger partial charge in [-0.25, -0.2) is 4.98 Å². The topological polar surface area (TPSA) is 83.4 Å². The molecule has 32 heavy (non-hydrogen) atoms. The first-order valence-electron chi connectivity index (χ1n) is 10.1. The predicted molar refractivity (Wildman–Crippen MR) is 125 cm³/mol. The minimum atomic E-state index is -0.805. The van der Waals surface area contributed by atoms with Crippen LogP contribution in [-0.2, 0) is 9.59 Å². The van der Waals surface area contributed by atoms with E-state index < -0.39 is 17.7 Å². The molecule has 0 aliphatic carbocycles. The number of aromatic nitrogens is 2. The number of rotatable bonds is 3. The number of pyridine rings is 1. The van der Waals surface area contributed by atoms with Gasteiger partial charge < -0.3 is 5.11 Å². The van der Waals surface area contributed by atoms with Crippen LogP contribution >= 0.6 is 11.3 Å². The van der Waals surface area contributed by atoms with Crippen LogP contribution in [0, 0.1) is 13.8 Å². The van der Waals surface area contributed by atoms with E-state index in [1.807, 2.05) is 32.0 Å². The summed E-state index contributed by atoms with van der Waals surface area (Å²) in [6.45, 7) is 3.98. The Morgan fingerprint density at radius 1 is 1.03 bits per heavy atom. The fraction of sp³-hybridized carbons (Fsp3) is 0.120. The van der Waals surface area contributed by atoms with Crippen LogP contribution < -0.4 is 4.90 Å². The van der Waals surface area contributed by atoms with Gasteiger partial charge in [0.25, 0.3) is 5.78 Å². The van der Waals surface area contributed by atoms with Crippen LogP contribution in [0.25, 0.3) is 16.0 Å². The van der Waals surface area contributed by atoms with E-state index in [-0.39, 0.29) is 11.3 Å². The zero-order chi connectivity index (χ0) is 22.4. The van der Waals surface area contributed by atoms with Crippen molar-refractivity contribution in [1.29, 1.82) is 0 Å². The summed E-state index contributed by atoms with van der Waals surface area (Å²) >= 11 is 1.36. The molecule has 1 aliphatic heterocycles. The summed E-state index contributed by atoms with van der Waals surface area (Å²) in [7, 11) is 0. The smallest absolute Gasteiger partial charge is 0.301 e. The number of carbonyl (C=O) groups excluding carboxylic acids is 2. The number of thiazole rings is 1. The molecule has 1 unspecified atom stereocenters. The molecule has 0 radical (unpaired) electrons. The Kier molecular flexibility index (Phi) is 4.83. The summed E-state index contributed by atoms with van der Waals surface area (Å²) in [5.41, 5.74) is 4.09. The van der Waals surface area contributed by atoms with Gasteiger partial charge in [0, 0.05) is 18.0 Å². The van der Waals surface area contributed by atoms with E-state index in [0.717, 1.165) is 21.3 Å². The molecule has 7 heteroatoms. The number of carbonyl (C=O) groups is 2. The van der Waals surface area contributed by atoms with Gasteiger partial charge in [-0.1, -0.05) is 47.7 Å². The van der Waals surface area contributed by atoms with Crippen LogP contribution in [0.15, 0.2) is 72.6 Å². The lowest BCUT2D eigenvalue weighted by molar-refractivity contribution is -0.132. The maximum Gasteiger partial charge on any atom is 0.301 e. The highest BCUT2D eigenvalue weighted by atomic mass is 32.1. The molecule has 0 saturated carbocycles. The molecule has 5 rings (SSSR count). The molecular weight excluding hydrogens is 422 g/mol. The number of ketones is 1. The summed E-state index contributed by atoms with van der Waals surface area (Å²) in [6.07, 6.45) is 3.20. The summed E-state index contributed by atoms with van der Waals surface area (Å²) in [5.74, 6) is -1.65. The van der Waals surface area contributed by atoms with E-state index in [9.17, 15) is 14.7 Å². The molecule has 1 atom stereocenters. The molecule has 1 amide bonds. The zero-order valence-electron chi connectivity index (χ0n) is 17.4. The van der Waals surface area contributed by atoms with Crippen LogP contribution in [0.1, 0.15) is 28.3 Å². The fourth-order valence-corrected chi connectivity index (χ4v) is 5.27. The van der Waals surface area contributed by atoms with E-state index >= 15 is 0 Å². The predicted octanol–water partition coefficient (Wildman–Crippen LogP) is 4.93. The highest BCUT2D eigenvalue weighted by Crippen LogP contribution is 2.44. The van der Waals surface area contributed by atoms with Crippen molar-refractivity contribution < 1.29 is 14.7 Å². The van der Waals surface area contributed by atoms with Crippen molar-refractivity contribution in [3.8, 4) is 0 Å². The van der Waals surface area contributed by atoms with Gasteiger partial charge in [0.2, 0.25) is 0 Å². The maximum absolute atomic E-state index is 13.2. The third-order valence-corrected chi connectivity index (χ3v) is 6.54. The van der Waals surface area contributed by atoms with Gasteiger partial charge in [0.15, 0.2) is 5.13 Å². The number of nitrogens with zero attached hydrogens (tertiary/aromatic N) is 3. The fourth-order valence-electron chi connectivity index (χ4n) is 4.10. The van der Waals surface area contributed by atoms with Crippen LogP contribution in [-0.4, -0.2) is 26.8 Å². The van der Waals surface area contributed by atoms with Crippen molar-refractivity contribution in [3.05, 3.63) is 94.8 Å². The summed E-state index contributed by atoms with van der Waals surface area (Å²) in [4.78, 5) is 36.6. The van der Waals surface area contributed by atoms with Crippen molar-refractivity contribution in [3.63, 3.8) is 0 Å². The van der Waals surface area contributed by atoms with Gasteiger partial charge in [0.1, 0.15) is 5.76 Å². The zero-order valence-corrected chi connectivity index (χ0v) is 18.3. The number of Topliss-reactive ketones (excluding diaryl/α,β-unsaturated/α-hetero) is 1.